The van der Waals surface area contributed by atoms with E-state index >= 15 is 0 Å². The summed E-state index contributed by atoms with van der Waals surface area (Å²) in [5, 5.41) is 9.16. The molecule has 3 rings (SSSR count). The maximum Gasteiger partial charge on any atom is 0.0372 e. The molecule has 0 saturated carbocycles. The molecule has 1 aliphatic heterocycles. The minimum atomic E-state index is 0.949. The fraction of sp³-hybridized carbons (Fsp3) is 0.375. The van der Waals surface area contributed by atoms with Crippen molar-refractivity contribution in [1.82, 2.24) is 5.32 Å². The van der Waals surface area contributed by atoms with Crippen LogP contribution in [0.1, 0.15) is 28.0 Å². The lowest BCUT2D eigenvalue weighted by molar-refractivity contribution is 0.697. The number of fused-ring (bicyclic) bond motifs is 1. The van der Waals surface area contributed by atoms with Gasteiger partial charge in [-0.2, -0.15) is 0 Å². The summed E-state index contributed by atoms with van der Waals surface area (Å²) in [4.78, 5) is 1.44. The van der Waals surface area contributed by atoms with Crippen molar-refractivity contribution in [3.05, 3.63) is 51.2 Å². The van der Waals surface area contributed by atoms with Gasteiger partial charge in [0.2, 0.25) is 0 Å². The summed E-state index contributed by atoms with van der Waals surface area (Å²) < 4.78 is 0. The zero-order valence-corrected chi connectivity index (χ0v) is 12.1. The molecule has 0 amide bonds. The van der Waals surface area contributed by atoms with Crippen LogP contribution in [0.5, 0.6) is 0 Å². The van der Waals surface area contributed by atoms with Gasteiger partial charge >= 0.3 is 0 Å². The Morgan fingerprint density at radius 3 is 3.05 bits per heavy atom. The number of anilines is 1. The zero-order chi connectivity index (χ0) is 13.1. The Morgan fingerprint density at radius 2 is 2.21 bits per heavy atom. The van der Waals surface area contributed by atoms with Crippen LogP contribution in [-0.4, -0.2) is 6.54 Å². The lowest BCUT2D eigenvalue weighted by Crippen LogP contribution is -2.15. The average molecular weight is 272 g/mol. The van der Waals surface area contributed by atoms with E-state index in [2.05, 4.69) is 47.2 Å². The molecule has 0 bridgehead atoms. The molecule has 0 saturated heterocycles. The molecule has 0 atom stereocenters. The van der Waals surface area contributed by atoms with Gasteiger partial charge in [0, 0.05) is 30.2 Å². The SMILES string of the molecule is Cc1ccsc1CNCc1ccc2c(c1)CCCN2. The van der Waals surface area contributed by atoms with Crippen LogP contribution in [0.2, 0.25) is 0 Å². The Bertz CT molecular complexity index is 560. The van der Waals surface area contributed by atoms with Gasteiger partial charge in [0.15, 0.2) is 0 Å². The van der Waals surface area contributed by atoms with Crippen LogP contribution in [0, 0.1) is 6.92 Å². The highest BCUT2D eigenvalue weighted by atomic mass is 32.1. The third-order valence-corrected chi connectivity index (χ3v) is 4.71. The number of rotatable bonds is 4. The maximum atomic E-state index is 3.54. The van der Waals surface area contributed by atoms with Crippen molar-refractivity contribution < 1.29 is 0 Å². The van der Waals surface area contributed by atoms with Crippen LogP contribution in [0.4, 0.5) is 5.69 Å². The highest BCUT2D eigenvalue weighted by Crippen LogP contribution is 2.23. The second-order valence-corrected chi connectivity index (χ2v) is 6.15. The molecule has 19 heavy (non-hydrogen) atoms. The second kappa shape index (κ2) is 5.76. The van der Waals surface area contributed by atoms with Gasteiger partial charge in [0.25, 0.3) is 0 Å². The van der Waals surface area contributed by atoms with Crippen LogP contribution in [-0.2, 0) is 19.5 Å². The Balaban J connectivity index is 1.59. The predicted octanol–water partition coefficient (Wildman–Crippen LogP) is 3.70. The Kier molecular flexibility index (Phi) is 3.85. The summed E-state index contributed by atoms with van der Waals surface area (Å²) in [5.74, 6) is 0. The van der Waals surface area contributed by atoms with Gasteiger partial charge in [-0.05, 0) is 54.0 Å². The van der Waals surface area contributed by atoms with Gasteiger partial charge in [-0.25, -0.2) is 0 Å². The van der Waals surface area contributed by atoms with Gasteiger partial charge in [-0.15, -0.1) is 11.3 Å². The first-order valence-electron chi connectivity index (χ1n) is 6.92. The number of benzene rings is 1. The van der Waals surface area contributed by atoms with Crippen molar-refractivity contribution in [2.24, 2.45) is 0 Å². The molecule has 3 heteroatoms. The van der Waals surface area contributed by atoms with Gasteiger partial charge in [-0.3, -0.25) is 0 Å². The van der Waals surface area contributed by atoms with Crippen molar-refractivity contribution in [3.8, 4) is 0 Å². The van der Waals surface area contributed by atoms with E-state index in [-0.39, 0.29) is 0 Å². The van der Waals surface area contributed by atoms with E-state index < -0.39 is 0 Å². The van der Waals surface area contributed by atoms with E-state index in [1.54, 1.807) is 0 Å². The van der Waals surface area contributed by atoms with Gasteiger partial charge in [-0.1, -0.05) is 12.1 Å². The van der Waals surface area contributed by atoms with Crippen molar-refractivity contribution >= 4 is 17.0 Å². The third-order valence-electron chi connectivity index (χ3n) is 3.69. The minimum absolute atomic E-state index is 0.949. The van der Waals surface area contributed by atoms with Crippen molar-refractivity contribution in [2.75, 3.05) is 11.9 Å². The number of hydrogen-bond acceptors (Lipinski definition) is 3. The molecule has 2 heterocycles. The van der Waals surface area contributed by atoms with E-state index in [0.29, 0.717) is 0 Å². The smallest absolute Gasteiger partial charge is 0.0372 e. The molecular weight excluding hydrogens is 252 g/mol. The Labute approximate surface area is 118 Å². The molecule has 0 unspecified atom stereocenters. The summed E-state index contributed by atoms with van der Waals surface area (Å²) in [5.41, 5.74) is 5.57. The summed E-state index contributed by atoms with van der Waals surface area (Å²) in [6.07, 6.45) is 2.46. The number of thiophene rings is 1. The Hall–Kier alpha value is -1.32. The molecule has 1 aromatic carbocycles. The van der Waals surface area contributed by atoms with Crippen LogP contribution in [0.25, 0.3) is 0 Å². The predicted molar refractivity (Wildman–Crippen MR) is 82.9 cm³/mol. The molecule has 100 valence electrons. The molecule has 0 spiro atoms. The molecule has 0 fully saturated rings. The van der Waals surface area contributed by atoms with Gasteiger partial charge in [0.1, 0.15) is 0 Å². The zero-order valence-electron chi connectivity index (χ0n) is 11.3. The van der Waals surface area contributed by atoms with E-state index in [0.717, 1.165) is 19.6 Å². The minimum Gasteiger partial charge on any atom is -0.385 e. The van der Waals surface area contributed by atoms with Gasteiger partial charge < -0.3 is 10.6 Å². The number of nitrogens with one attached hydrogen (secondary N) is 2. The Morgan fingerprint density at radius 1 is 1.26 bits per heavy atom. The highest BCUT2D eigenvalue weighted by molar-refractivity contribution is 7.10. The standard InChI is InChI=1S/C16H20N2S/c1-12-6-8-19-16(12)11-17-10-13-4-5-15-14(9-13)3-2-7-18-15/h4-6,8-9,17-18H,2-3,7,10-11H2,1H3. The van der Waals surface area contributed by atoms with E-state index in [9.17, 15) is 0 Å². The first-order valence-corrected chi connectivity index (χ1v) is 7.80. The fourth-order valence-corrected chi connectivity index (χ4v) is 3.42. The molecule has 1 aromatic heterocycles. The lowest BCUT2D eigenvalue weighted by Gasteiger charge is -2.18. The first-order chi connectivity index (χ1) is 9.33. The van der Waals surface area contributed by atoms with E-state index in [1.165, 1.54) is 40.1 Å². The normalized spacial score (nSPS) is 13.9. The molecular formula is C16H20N2S. The molecule has 0 radical (unpaired) electrons. The summed E-state index contributed by atoms with van der Waals surface area (Å²) >= 11 is 1.84. The first kappa shape index (κ1) is 12.7. The quantitative estimate of drug-likeness (QED) is 0.886. The highest BCUT2D eigenvalue weighted by Gasteiger charge is 2.08. The van der Waals surface area contributed by atoms with Crippen LogP contribution in [0.3, 0.4) is 0 Å². The van der Waals surface area contributed by atoms with Crippen molar-refractivity contribution in [1.29, 1.82) is 0 Å². The topological polar surface area (TPSA) is 24.1 Å². The number of aryl methyl sites for hydroxylation is 2. The van der Waals surface area contributed by atoms with Crippen LogP contribution in [0.15, 0.2) is 29.6 Å². The fourth-order valence-electron chi connectivity index (χ4n) is 2.54. The van der Waals surface area contributed by atoms with Crippen molar-refractivity contribution in [3.63, 3.8) is 0 Å². The summed E-state index contributed by atoms with van der Waals surface area (Å²) in [7, 11) is 0. The van der Waals surface area contributed by atoms with E-state index in [4.69, 9.17) is 0 Å². The number of hydrogen-bond donors (Lipinski definition) is 2. The van der Waals surface area contributed by atoms with Crippen molar-refractivity contribution in [2.45, 2.75) is 32.9 Å². The van der Waals surface area contributed by atoms with E-state index in [1.807, 2.05) is 11.3 Å². The largest absolute Gasteiger partial charge is 0.385 e. The molecule has 2 aromatic rings. The van der Waals surface area contributed by atoms with Gasteiger partial charge in [0.05, 0.1) is 0 Å². The average Bonchev–Trinajstić information content (AvgIpc) is 2.84. The molecule has 2 N–H and O–H groups in total. The molecule has 2 nitrogen and oxygen atoms in total. The second-order valence-electron chi connectivity index (χ2n) is 5.15. The van der Waals surface area contributed by atoms with Crippen LogP contribution >= 0.6 is 11.3 Å². The molecule has 0 aliphatic carbocycles. The summed E-state index contributed by atoms with van der Waals surface area (Å²) in [6.45, 7) is 5.21. The van der Waals surface area contributed by atoms with Crippen LogP contribution < -0.4 is 10.6 Å². The third kappa shape index (κ3) is 2.99. The maximum absolute atomic E-state index is 3.54. The lowest BCUT2D eigenvalue weighted by atomic mass is 10.0. The summed E-state index contributed by atoms with van der Waals surface area (Å²) in [6, 6.07) is 8.98. The monoisotopic (exact) mass is 272 g/mol. The molecule has 1 aliphatic rings.